The number of benzene rings is 1. The van der Waals surface area contributed by atoms with Crippen molar-refractivity contribution in [3.63, 3.8) is 0 Å². The number of carbonyl (C=O) groups excluding carboxylic acids is 2. The van der Waals surface area contributed by atoms with E-state index in [0.29, 0.717) is 5.56 Å². The van der Waals surface area contributed by atoms with Gasteiger partial charge >= 0.3 is 0 Å². The Morgan fingerprint density at radius 2 is 2.21 bits per heavy atom. The fraction of sp³-hybridized carbons (Fsp3) is 0.385. The van der Waals surface area contributed by atoms with Gasteiger partial charge in [0.2, 0.25) is 11.8 Å². The molecule has 19 heavy (non-hydrogen) atoms. The molecule has 0 aliphatic carbocycles. The normalized spacial score (nSPS) is 23.8. The highest BCUT2D eigenvalue weighted by atomic mass is 19.1. The third-order valence-corrected chi connectivity index (χ3v) is 3.17. The van der Waals surface area contributed by atoms with E-state index < -0.39 is 35.7 Å². The van der Waals surface area contributed by atoms with Gasteiger partial charge in [0.05, 0.1) is 12.1 Å². The molecule has 1 saturated heterocycles. The summed E-state index contributed by atoms with van der Waals surface area (Å²) in [6.45, 7) is 1.68. The molecule has 1 aliphatic heterocycles. The molecule has 1 aromatic carbocycles. The van der Waals surface area contributed by atoms with Crippen LogP contribution in [0.2, 0.25) is 0 Å². The fourth-order valence-electron chi connectivity index (χ4n) is 2.11. The van der Waals surface area contributed by atoms with Gasteiger partial charge in [0.25, 0.3) is 0 Å². The third kappa shape index (κ3) is 2.73. The van der Waals surface area contributed by atoms with Crippen LogP contribution in [-0.4, -0.2) is 29.6 Å². The minimum atomic E-state index is -1.13. The zero-order valence-corrected chi connectivity index (χ0v) is 10.4. The van der Waals surface area contributed by atoms with Gasteiger partial charge in [0.1, 0.15) is 11.7 Å². The van der Waals surface area contributed by atoms with Gasteiger partial charge < -0.3 is 15.7 Å². The van der Waals surface area contributed by atoms with Gasteiger partial charge in [0.15, 0.2) is 0 Å². The molecule has 3 atom stereocenters. The van der Waals surface area contributed by atoms with Gasteiger partial charge in [-0.05, 0) is 13.0 Å². The molecule has 1 heterocycles. The lowest BCUT2D eigenvalue weighted by Crippen LogP contribution is -2.40. The zero-order chi connectivity index (χ0) is 14.0. The molecular weight excluding hydrogens is 251 g/mol. The second kappa shape index (κ2) is 5.36. The van der Waals surface area contributed by atoms with Crippen LogP contribution in [0.3, 0.4) is 0 Å². The summed E-state index contributed by atoms with van der Waals surface area (Å²) in [5.41, 5.74) is 0.337. The van der Waals surface area contributed by atoms with E-state index in [1.54, 1.807) is 25.1 Å². The molecule has 2 rings (SSSR count). The van der Waals surface area contributed by atoms with E-state index >= 15 is 0 Å². The molecule has 6 heteroatoms. The standard InChI is InChI=1S/C13H15FN2O3/c1-7(8-4-2-3-5-9(8)14)16-13(19)11-10(17)6-15-12(11)18/h2-5,7,10-11,17H,6H2,1H3,(H,15,18)(H,16,19). The maximum absolute atomic E-state index is 13.5. The lowest BCUT2D eigenvalue weighted by atomic mass is 10.0. The van der Waals surface area contributed by atoms with Crippen LogP contribution in [0.25, 0.3) is 0 Å². The first-order valence-electron chi connectivity index (χ1n) is 6.01. The van der Waals surface area contributed by atoms with Gasteiger partial charge in [0, 0.05) is 12.1 Å². The number of aliphatic hydroxyl groups excluding tert-OH is 1. The number of nitrogens with one attached hydrogen (secondary N) is 2. The summed E-state index contributed by atoms with van der Waals surface area (Å²) in [6, 6.07) is 5.51. The predicted octanol–water partition coefficient (Wildman–Crippen LogP) is 0.110. The minimum absolute atomic E-state index is 0.0605. The summed E-state index contributed by atoms with van der Waals surface area (Å²) >= 11 is 0. The number of halogens is 1. The van der Waals surface area contributed by atoms with Crippen LogP contribution in [0, 0.1) is 11.7 Å². The first kappa shape index (κ1) is 13.5. The van der Waals surface area contributed by atoms with E-state index in [0.717, 1.165) is 0 Å². The Bertz CT molecular complexity index is 506. The van der Waals surface area contributed by atoms with Gasteiger partial charge in [-0.15, -0.1) is 0 Å². The Kier molecular flexibility index (Phi) is 3.80. The Balaban J connectivity index is 2.07. The minimum Gasteiger partial charge on any atom is -0.390 e. The molecule has 3 unspecified atom stereocenters. The van der Waals surface area contributed by atoms with Crippen molar-refractivity contribution in [1.29, 1.82) is 0 Å². The van der Waals surface area contributed by atoms with Crippen LogP contribution in [-0.2, 0) is 9.59 Å². The second-order valence-corrected chi connectivity index (χ2v) is 4.54. The van der Waals surface area contributed by atoms with Gasteiger partial charge in [-0.1, -0.05) is 18.2 Å². The van der Waals surface area contributed by atoms with Crippen molar-refractivity contribution in [2.45, 2.75) is 19.1 Å². The van der Waals surface area contributed by atoms with Crippen molar-refractivity contribution in [3.8, 4) is 0 Å². The highest BCUT2D eigenvalue weighted by Crippen LogP contribution is 2.18. The first-order valence-corrected chi connectivity index (χ1v) is 6.01. The summed E-state index contributed by atoms with van der Waals surface area (Å²) in [6.07, 6.45) is -1.04. The summed E-state index contributed by atoms with van der Waals surface area (Å²) < 4.78 is 13.5. The summed E-state index contributed by atoms with van der Waals surface area (Å²) in [5.74, 6) is -2.66. The predicted molar refractivity (Wildman–Crippen MR) is 65.5 cm³/mol. The van der Waals surface area contributed by atoms with Crippen molar-refractivity contribution in [2.75, 3.05) is 6.54 Å². The molecule has 0 bridgehead atoms. The Hall–Kier alpha value is -1.95. The largest absolute Gasteiger partial charge is 0.390 e. The van der Waals surface area contributed by atoms with Crippen molar-refractivity contribution in [1.82, 2.24) is 10.6 Å². The summed E-state index contributed by atoms with van der Waals surface area (Å²) in [7, 11) is 0. The zero-order valence-electron chi connectivity index (χ0n) is 10.4. The van der Waals surface area contributed by atoms with Crippen molar-refractivity contribution >= 4 is 11.8 Å². The van der Waals surface area contributed by atoms with E-state index in [9.17, 15) is 19.1 Å². The van der Waals surface area contributed by atoms with Crippen LogP contribution >= 0.6 is 0 Å². The second-order valence-electron chi connectivity index (χ2n) is 4.54. The molecule has 0 saturated carbocycles. The molecule has 1 aliphatic rings. The average Bonchev–Trinajstić information content (AvgIpc) is 2.69. The first-order chi connectivity index (χ1) is 9.00. The molecule has 1 fully saturated rings. The Labute approximate surface area is 109 Å². The molecule has 0 radical (unpaired) electrons. The quantitative estimate of drug-likeness (QED) is 0.679. The van der Waals surface area contributed by atoms with Crippen molar-refractivity contribution in [2.24, 2.45) is 5.92 Å². The molecule has 5 nitrogen and oxygen atoms in total. The van der Waals surface area contributed by atoms with Crippen LogP contribution < -0.4 is 10.6 Å². The van der Waals surface area contributed by atoms with Crippen LogP contribution in [0.5, 0.6) is 0 Å². The number of hydrogen-bond acceptors (Lipinski definition) is 3. The lowest BCUT2D eigenvalue weighted by molar-refractivity contribution is -0.136. The molecule has 0 spiro atoms. The number of amides is 2. The molecule has 1 aromatic rings. The SMILES string of the molecule is CC(NC(=O)C1C(=O)NCC1O)c1ccccc1F. The number of rotatable bonds is 3. The van der Waals surface area contributed by atoms with E-state index in [1.165, 1.54) is 6.07 Å². The van der Waals surface area contributed by atoms with Crippen molar-refractivity contribution < 1.29 is 19.1 Å². The Morgan fingerprint density at radius 3 is 2.79 bits per heavy atom. The van der Waals surface area contributed by atoms with Gasteiger partial charge in [-0.25, -0.2) is 4.39 Å². The molecule has 0 aromatic heterocycles. The van der Waals surface area contributed by atoms with E-state index in [2.05, 4.69) is 10.6 Å². The van der Waals surface area contributed by atoms with Crippen LogP contribution in [0.4, 0.5) is 4.39 Å². The maximum Gasteiger partial charge on any atom is 0.235 e. The molecule has 3 N–H and O–H groups in total. The molecule has 2 amide bonds. The van der Waals surface area contributed by atoms with Crippen LogP contribution in [0.15, 0.2) is 24.3 Å². The topological polar surface area (TPSA) is 78.4 Å². The van der Waals surface area contributed by atoms with Gasteiger partial charge in [-0.3, -0.25) is 9.59 Å². The third-order valence-electron chi connectivity index (χ3n) is 3.17. The number of hydrogen-bond donors (Lipinski definition) is 3. The maximum atomic E-state index is 13.5. The highest BCUT2D eigenvalue weighted by Gasteiger charge is 2.39. The molecule has 102 valence electrons. The summed E-state index contributed by atoms with van der Waals surface area (Å²) in [5, 5.41) is 14.5. The Morgan fingerprint density at radius 1 is 1.53 bits per heavy atom. The lowest BCUT2D eigenvalue weighted by Gasteiger charge is -2.18. The summed E-state index contributed by atoms with van der Waals surface area (Å²) in [4.78, 5) is 23.3. The molecular formula is C13H15FN2O3. The number of aliphatic hydroxyl groups is 1. The van der Waals surface area contributed by atoms with E-state index in [-0.39, 0.29) is 6.54 Å². The average molecular weight is 266 g/mol. The number of β-amino-alcohol motifs (C(OH)–C–C–N with tert-alkyl or cyclic N) is 1. The van der Waals surface area contributed by atoms with Gasteiger partial charge in [-0.2, -0.15) is 0 Å². The smallest absolute Gasteiger partial charge is 0.235 e. The monoisotopic (exact) mass is 266 g/mol. The van der Waals surface area contributed by atoms with E-state index in [1.807, 2.05) is 0 Å². The van der Waals surface area contributed by atoms with Crippen molar-refractivity contribution in [3.05, 3.63) is 35.6 Å². The number of carbonyl (C=O) groups is 2. The highest BCUT2D eigenvalue weighted by molar-refractivity contribution is 6.02. The van der Waals surface area contributed by atoms with E-state index in [4.69, 9.17) is 0 Å². The fourth-order valence-corrected chi connectivity index (χ4v) is 2.11. The van der Waals surface area contributed by atoms with Crippen LogP contribution in [0.1, 0.15) is 18.5 Å².